The zero-order chi connectivity index (χ0) is 24.9. The molecule has 0 unspecified atom stereocenters. The molecular weight excluding hydrogens is 542 g/mol. The molecule has 2 aromatic carbocycles. The van der Waals surface area contributed by atoms with Gasteiger partial charge in [-0.15, -0.1) is 0 Å². The van der Waals surface area contributed by atoms with Crippen molar-refractivity contribution in [2.75, 3.05) is 0 Å². The summed E-state index contributed by atoms with van der Waals surface area (Å²) in [6, 6.07) is 8.59. The van der Waals surface area contributed by atoms with Crippen molar-refractivity contribution in [2.24, 2.45) is 0 Å². The number of rotatable bonds is 4. The van der Waals surface area contributed by atoms with Gasteiger partial charge in [0.05, 0.1) is 0 Å². The Hall–Kier alpha value is -0.497. The van der Waals surface area contributed by atoms with Crippen LogP contribution in [0.3, 0.4) is 0 Å². The molecule has 2 N–H and O–H groups in total. The number of aryl methyl sites for hydroxylation is 2. The fraction of sp³-hybridized carbons (Fsp3) is 0.586. The second-order valence-corrected chi connectivity index (χ2v) is 14.9. The van der Waals surface area contributed by atoms with Gasteiger partial charge >= 0.3 is 37.9 Å². The summed E-state index contributed by atoms with van der Waals surface area (Å²) in [5, 5.41) is 22.7. The van der Waals surface area contributed by atoms with Crippen LogP contribution in [0.15, 0.2) is 24.3 Å². The van der Waals surface area contributed by atoms with Crippen molar-refractivity contribution < 1.29 is 31.1 Å². The first-order chi connectivity index (χ1) is 16.1. The molecule has 0 amide bonds. The van der Waals surface area contributed by atoms with Crippen molar-refractivity contribution >= 4 is 17.0 Å². The van der Waals surface area contributed by atoms with Crippen molar-refractivity contribution in [3.05, 3.63) is 57.6 Å². The van der Waals surface area contributed by atoms with Crippen molar-refractivity contribution in [2.45, 2.75) is 109 Å². The van der Waals surface area contributed by atoms with E-state index in [2.05, 4.69) is 52.0 Å². The van der Waals surface area contributed by atoms with E-state index in [9.17, 15) is 10.2 Å². The summed E-state index contributed by atoms with van der Waals surface area (Å²) in [5.41, 5.74) is 6.60. The summed E-state index contributed by atoms with van der Waals surface area (Å²) < 4.78 is 0. The van der Waals surface area contributed by atoms with Crippen molar-refractivity contribution in [1.29, 1.82) is 0 Å². The average molecular weight is 583 g/mol. The molecule has 0 spiro atoms. The summed E-state index contributed by atoms with van der Waals surface area (Å²) in [4.78, 5) is 0. The molecule has 2 aromatic rings. The third-order valence-corrected chi connectivity index (χ3v) is 8.26. The van der Waals surface area contributed by atoms with E-state index in [0.29, 0.717) is 17.9 Å². The van der Waals surface area contributed by atoms with Crippen molar-refractivity contribution in [3.63, 3.8) is 0 Å². The Bertz CT molecular complexity index is 899. The quantitative estimate of drug-likeness (QED) is 0.377. The van der Waals surface area contributed by atoms with Gasteiger partial charge in [-0.3, -0.25) is 0 Å². The van der Waals surface area contributed by atoms with Gasteiger partial charge in [0, 0.05) is 17.5 Å². The minimum atomic E-state index is -0.826. The molecule has 2 nitrogen and oxygen atoms in total. The molecule has 0 aromatic heterocycles. The molecule has 0 aliphatic heterocycles. The number of halogens is 2. The average Bonchev–Trinajstić information content (AvgIpc) is 2.79. The van der Waals surface area contributed by atoms with Gasteiger partial charge in [-0.2, -0.15) is 0 Å². The standard InChI is InChI=1S/C29H40O2.2ClH.Zr/c1-20-15-22(26(30)24(17-20)28(3)11-7-5-8-12-28)19-23-16-21(2)18-25(27(23)31)29(4)13-9-6-10-14-29;;;/h15-18,30-31H,5-14,19H2,1-4H3;2*1H;/q;;;+2/p-2. The van der Waals surface area contributed by atoms with Gasteiger partial charge in [0.1, 0.15) is 11.5 Å². The maximum atomic E-state index is 11.3. The number of benzene rings is 2. The Morgan fingerprint density at radius 2 is 1.00 bits per heavy atom. The molecule has 0 saturated heterocycles. The van der Waals surface area contributed by atoms with E-state index < -0.39 is 20.8 Å². The predicted octanol–water partition coefficient (Wildman–Crippen LogP) is 9.13. The van der Waals surface area contributed by atoms with Gasteiger partial charge < -0.3 is 10.2 Å². The van der Waals surface area contributed by atoms with E-state index in [1.54, 1.807) is 0 Å². The van der Waals surface area contributed by atoms with Crippen LogP contribution in [0.1, 0.15) is 111 Å². The van der Waals surface area contributed by atoms with E-state index in [1.165, 1.54) is 49.7 Å². The zero-order valence-electron chi connectivity index (χ0n) is 21.2. The molecule has 2 fully saturated rings. The maximum absolute atomic E-state index is 11.3. The fourth-order valence-electron chi connectivity index (χ4n) is 6.31. The first-order valence-electron chi connectivity index (χ1n) is 12.8. The molecule has 5 heteroatoms. The molecule has 2 saturated carbocycles. The van der Waals surface area contributed by atoms with Crippen LogP contribution in [0.25, 0.3) is 0 Å². The zero-order valence-corrected chi connectivity index (χ0v) is 25.2. The second-order valence-electron chi connectivity index (χ2n) is 11.1. The monoisotopic (exact) mass is 580 g/mol. The van der Waals surface area contributed by atoms with E-state index in [0.717, 1.165) is 47.9 Å². The van der Waals surface area contributed by atoms with Crippen LogP contribution in [-0.4, -0.2) is 10.2 Å². The summed E-state index contributed by atoms with van der Waals surface area (Å²) in [7, 11) is 9.87. The van der Waals surface area contributed by atoms with Crippen LogP contribution in [0, 0.1) is 13.8 Å². The van der Waals surface area contributed by atoms with Crippen molar-refractivity contribution in [1.82, 2.24) is 0 Å². The second kappa shape index (κ2) is 12.2. The molecule has 0 radical (unpaired) electrons. The Kier molecular flexibility index (Phi) is 10.0. The molecule has 0 atom stereocenters. The van der Waals surface area contributed by atoms with Gasteiger partial charge in [0.25, 0.3) is 0 Å². The van der Waals surface area contributed by atoms with Crippen molar-refractivity contribution in [3.8, 4) is 11.5 Å². The van der Waals surface area contributed by atoms with Gasteiger partial charge in [0.2, 0.25) is 0 Å². The Morgan fingerprint density at radius 1 is 0.676 bits per heavy atom. The summed E-state index contributed by atoms with van der Waals surface area (Å²) in [6.07, 6.45) is 12.7. The van der Waals surface area contributed by atoms with Crippen LogP contribution >= 0.6 is 17.0 Å². The number of phenolic OH excluding ortho intramolecular Hbond substituents is 2. The molecule has 2 aliphatic carbocycles. The van der Waals surface area contributed by atoms with E-state index in [-0.39, 0.29) is 10.8 Å². The van der Waals surface area contributed by atoms with Crippen LogP contribution in [0.2, 0.25) is 0 Å². The van der Waals surface area contributed by atoms with E-state index in [4.69, 9.17) is 17.0 Å². The molecule has 34 heavy (non-hydrogen) atoms. The topological polar surface area (TPSA) is 40.5 Å². The molecular formula is C29H40Cl2O2Zr. The Labute approximate surface area is 225 Å². The van der Waals surface area contributed by atoms with Gasteiger partial charge in [-0.05, 0) is 61.5 Å². The normalized spacial score (nSPS) is 19.1. The molecule has 186 valence electrons. The molecule has 0 bridgehead atoms. The predicted molar refractivity (Wildman–Crippen MR) is 141 cm³/mol. The van der Waals surface area contributed by atoms with Crippen LogP contribution in [0.4, 0.5) is 0 Å². The van der Waals surface area contributed by atoms with Gasteiger partial charge in [-0.25, -0.2) is 0 Å². The van der Waals surface area contributed by atoms with Gasteiger partial charge in [0.15, 0.2) is 0 Å². The van der Waals surface area contributed by atoms with Crippen LogP contribution in [0.5, 0.6) is 11.5 Å². The Morgan fingerprint density at radius 3 is 1.32 bits per heavy atom. The minimum absolute atomic E-state index is 0.0541. The van der Waals surface area contributed by atoms with E-state index >= 15 is 0 Å². The Balaban J connectivity index is 0.00000103. The number of aromatic hydroxyl groups is 2. The van der Waals surface area contributed by atoms with Crippen LogP contribution < -0.4 is 0 Å². The summed E-state index contributed by atoms with van der Waals surface area (Å²) in [5.74, 6) is 0.891. The summed E-state index contributed by atoms with van der Waals surface area (Å²) >= 11 is -0.826. The third-order valence-electron chi connectivity index (χ3n) is 8.26. The van der Waals surface area contributed by atoms with E-state index in [1.807, 2.05) is 0 Å². The SMILES string of the molecule is Cc1cc(Cc2cc(C)cc(C3(C)CCCCC3)c2O)c(O)c(C2(C)CCCCC2)c1.[Cl][Zr][Cl]. The number of hydrogen-bond acceptors (Lipinski definition) is 2. The van der Waals surface area contributed by atoms with Crippen LogP contribution in [-0.2, 0) is 38.1 Å². The molecule has 4 rings (SSSR count). The fourth-order valence-corrected chi connectivity index (χ4v) is 6.31. The molecule has 2 aliphatic rings. The van der Waals surface area contributed by atoms with Gasteiger partial charge in [-0.1, -0.05) is 87.8 Å². The summed E-state index contributed by atoms with van der Waals surface area (Å²) in [6.45, 7) is 8.89. The first-order valence-corrected chi connectivity index (χ1v) is 19.1. The third kappa shape index (κ3) is 6.43. The number of phenols is 2. The molecule has 0 heterocycles. The first kappa shape index (κ1) is 28.1. The number of hydrogen-bond donors (Lipinski definition) is 2.